The van der Waals surface area contributed by atoms with Crippen LogP contribution in [0.1, 0.15) is 51.3 Å². The Morgan fingerprint density at radius 1 is 1.33 bits per heavy atom. The summed E-state index contributed by atoms with van der Waals surface area (Å²) in [5, 5.41) is 17.1. The first kappa shape index (κ1) is 15.9. The number of hydrogen-bond acceptors (Lipinski definition) is 3. The van der Waals surface area contributed by atoms with E-state index in [1.807, 2.05) is 41.8 Å². The van der Waals surface area contributed by atoms with E-state index in [9.17, 15) is 5.11 Å². The van der Waals surface area contributed by atoms with Crippen molar-refractivity contribution in [2.45, 2.75) is 51.6 Å². The van der Waals surface area contributed by atoms with Gasteiger partial charge in [0.05, 0.1) is 6.10 Å². The molecule has 0 unspecified atom stereocenters. The molecule has 0 radical (unpaired) electrons. The lowest BCUT2D eigenvalue weighted by atomic mass is 9.95. The number of rotatable bonds is 7. The number of aliphatic hydroxyl groups is 1. The second-order valence-corrected chi connectivity index (χ2v) is 5.87. The number of nitrogens with one attached hydrogen (secondary N) is 1. The molecule has 1 aromatic heterocycles. The van der Waals surface area contributed by atoms with E-state index in [4.69, 9.17) is 12.2 Å². The lowest BCUT2D eigenvalue weighted by molar-refractivity contribution is 0.170. The fraction of sp³-hybridized carbons (Fsp3) is 0.500. The molecule has 0 saturated heterocycles. The maximum Gasteiger partial charge on any atom is 0.199 e. The van der Waals surface area contributed by atoms with Crippen LogP contribution in [0.4, 0.5) is 0 Å². The van der Waals surface area contributed by atoms with Crippen LogP contribution in [0.5, 0.6) is 0 Å². The summed E-state index contributed by atoms with van der Waals surface area (Å²) in [5.41, 5.74) is 1.01. The van der Waals surface area contributed by atoms with Crippen molar-refractivity contribution in [3.05, 3.63) is 40.9 Å². The van der Waals surface area contributed by atoms with Crippen molar-refractivity contribution in [3.8, 4) is 5.69 Å². The smallest absolute Gasteiger partial charge is 0.199 e. The van der Waals surface area contributed by atoms with Gasteiger partial charge in [0.2, 0.25) is 0 Å². The topological polar surface area (TPSA) is 53.8 Å². The van der Waals surface area contributed by atoms with Gasteiger partial charge in [-0.2, -0.15) is 5.10 Å². The van der Waals surface area contributed by atoms with E-state index >= 15 is 0 Å². The first-order chi connectivity index (χ1) is 10.1. The van der Waals surface area contributed by atoms with Crippen LogP contribution in [-0.2, 0) is 0 Å². The van der Waals surface area contributed by atoms with Crippen molar-refractivity contribution in [2.75, 3.05) is 0 Å². The molecule has 2 N–H and O–H groups in total. The summed E-state index contributed by atoms with van der Waals surface area (Å²) in [6, 6.07) is 10.0. The van der Waals surface area contributed by atoms with Gasteiger partial charge in [0.25, 0.3) is 0 Å². The van der Waals surface area contributed by atoms with Gasteiger partial charge < -0.3 is 5.11 Å². The van der Waals surface area contributed by atoms with Crippen molar-refractivity contribution < 1.29 is 5.11 Å². The van der Waals surface area contributed by atoms with Crippen LogP contribution >= 0.6 is 12.2 Å². The van der Waals surface area contributed by atoms with Gasteiger partial charge in [-0.15, -0.1) is 0 Å². The van der Waals surface area contributed by atoms with E-state index in [1.165, 1.54) is 0 Å². The molecular weight excluding hydrogens is 282 g/mol. The average Bonchev–Trinajstić information content (AvgIpc) is 2.85. The summed E-state index contributed by atoms with van der Waals surface area (Å²) in [7, 11) is 0. The number of benzene rings is 1. The largest absolute Gasteiger partial charge is 0.393 e. The van der Waals surface area contributed by atoms with E-state index in [0.717, 1.165) is 30.8 Å². The van der Waals surface area contributed by atoms with Gasteiger partial charge in [0.15, 0.2) is 4.77 Å². The molecule has 0 fully saturated rings. The molecule has 0 aliphatic heterocycles. The molecule has 0 aliphatic carbocycles. The first-order valence-electron chi connectivity index (χ1n) is 7.54. The second-order valence-electron chi connectivity index (χ2n) is 5.48. The predicted octanol–water partition coefficient (Wildman–Crippen LogP) is 3.97. The van der Waals surface area contributed by atoms with E-state index < -0.39 is 0 Å². The molecule has 5 heteroatoms. The molecular formula is C16H23N3OS. The highest BCUT2D eigenvalue weighted by molar-refractivity contribution is 7.71. The van der Waals surface area contributed by atoms with Gasteiger partial charge in [-0.05, 0) is 44.1 Å². The Morgan fingerprint density at radius 3 is 2.67 bits per heavy atom. The third-order valence-electron chi connectivity index (χ3n) is 3.61. The predicted molar refractivity (Wildman–Crippen MR) is 87.3 cm³/mol. The van der Waals surface area contributed by atoms with Crippen molar-refractivity contribution in [1.82, 2.24) is 14.8 Å². The van der Waals surface area contributed by atoms with Crippen molar-refractivity contribution in [1.29, 1.82) is 0 Å². The molecule has 4 nitrogen and oxygen atoms in total. The number of aromatic nitrogens is 3. The first-order valence-corrected chi connectivity index (χ1v) is 7.95. The van der Waals surface area contributed by atoms with Crippen LogP contribution < -0.4 is 0 Å². The number of unbranched alkanes of at least 4 members (excludes halogenated alkanes) is 1. The number of aromatic amines is 1. The highest BCUT2D eigenvalue weighted by Gasteiger charge is 2.21. The highest BCUT2D eigenvalue weighted by atomic mass is 32.1. The number of nitrogens with zero attached hydrogens (tertiary/aromatic N) is 2. The van der Waals surface area contributed by atoms with Gasteiger partial charge in [0.1, 0.15) is 5.82 Å². The maximum atomic E-state index is 9.78. The van der Waals surface area contributed by atoms with E-state index in [2.05, 4.69) is 17.1 Å². The highest BCUT2D eigenvalue weighted by Crippen LogP contribution is 2.27. The molecule has 2 atom stereocenters. The summed E-state index contributed by atoms with van der Waals surface area (Å²) in [6.07, 6.45) is 3.61. The van der Waals surface area contributed by atoms with Crippen LogP contribution in [0.3, 0.4) is 0 Å². The zero-order valence-electron chi connectivity index (χ0n) is 12.6. The van der Waals surface area contributed by atoms with Crippen LogP contribution in [0.15, 0.2) is 30.3 Å². The summed E-state index contributed by atoms with van der Waals surface area (Å²) in [5.74, 6) is 1.12. The SMILES string of the molecule is CCCC[C@H](C[C@H](C)O)c1n[nH]c(=S)n1-c1ccccc1. The monoisotopic (exact) mass is 305 g/mol. The normalized spacial score (nSPS) is 14.0. The Hall–Kier alpha value is -1.46. The molecule has 0 amide bonds. The Kier molecular flexibility index (Phi) is 5.70. The fourth-order valence-electron chi connectivity index (χ4n) is 2.62. The van der Waals surface area contributed by atoms with Crippen molar-refractivity contribution in [3.63, 3.8) is 0 Å². The summed E-state index contributed by atoms with van der Waals surface area (Å²) in [4.78, 5) is 0. The lowest BCUT2D eigenvalue weighted by Gasteiger charge is -2.18. The van der Waals surface area contributed by atoms with Gasteiger partial charge in [-0.1, -0.05) is 38.0 Å². The third-order valence-corrected chi connectivity index (χ3v) is 3.88. The van der Waals surface area contributed by atoms with Gasteiger partial charge in [0, 0.05) is 11.6 Å². The van der Waals surface area contributed by atoms with Crippen LogP contribution in [0.2, 0.25) is 0 Å². The van der Waals surface area contributed by atoms with Crippen LogP contribution in [-0.4, -0.2) is 26.0 Å². The van der Waals surface area contributed by atoms with Crippen molar-refractivity contribution in [2.24, 2.45) is 0 Å². The Balaban J connectivity index is 2.39. The van der Waals surface area contributed by atoms with E-state index in [1.54, 1.807) is 0 Å². The maximum absolute atomic E-state index is 9.78. The van der Waals surface area contributed by atoms with Crippen LogP contribution in [0, 0.1) is 4.77 Å². The number of hydrogen-bond donors (Lipinski definition) is 2. The zero-order valence-corrected chi connectivity index (χ0v) is 13.4. The summed E-state index contributed by atoms with van der Waals surface area (Å²) < 4.78 is 2.58. The number of para-hydroxylation sites is 1. The molecule has 2 aromatic rings. The quantitative estimate of drug-likeness (QED) is 0.761. The molecule has 0 bridgehead atoms. The molecule has 114 valence electrons. The zero-order chi connectivity index (χ0) is 15.2. The molecule has 1 aromatic carbocycles. The summed E-state index contributed by atoms with van der Waals surface area (Å²) in [6.45, 7) is 4.00. The molecule has 21 heavy (non-hydrogen) atoms. The fourth-order valence-corrected chi connectivity index (χ4v) is 2.87. The van der Waals surface area contributed by atoms with Gasteiger partial charge in [-0.25, -0.2) is 0 Å². The molecule has 1 heterocycles. The summed E-state index contributed by atoms with van der Waals surface area (Å²) >= 11 is 5.38. The van der Waals surface area contributed by atoms with Crippen LogP contribution in [0.25, 0.3) is 5.69 Å². The minimum absolute atomic E-state index is 0.207. The Labute approximate surface area is 130 Å². The molecule has 0 aliphatic rings. The second kappa shape index (κ2) is 7.52. The Morgan fingerprint density at radius 2 is 2.05 bits per heavy atom. The standard InChI is InChI=1S/C16H23N3OS/c1-3-4-8-13(11-12(2)20)15-17-18-16(21)19(15)14-9-6-5-7-10-14/h5-7,9-10,12-13,20H,3-4,8,11H2,1-2H3,(H,18,21)/t12-,13+/m0/s1. The van der Waals surface area contributed by atoms with Gasteiger partial charge >= 0.3 is 0 Å². The minimum atomic E-state index is -0.346. The van der Waals surface area contributed by atoms with E-state index in [-0.39, 0.29) is 12.0 Å². The average molecular weight is 305 g/mol. The van der Waals surface area contributed by atoms with E-state index in [0.29, 0.717) is 11.2 Å². The third kappa shape index (κ3) is 4.02. The molecule has 0 spiro atoms. The Bertz CT molecular complexity index is 603. The van der Waals surface area contributed by atoms with Gasteiger partial charge in [-0.3, -0.25) is 9.67 Å². The number of H-pyrrole nitrogens is 1. The lowest BCUT2D eigenvalue weighted by Crippen LogP contribution is -2.14. The van der Waals surface area contributed by atoms with Crippen molar-refractivity contribution >= 4 is 12.2 Å². The molecule has 2 rings (SSSR count). The minimum Gasteiger partial charge on any atom is -0.393 e. The number of aliphatic hydroxyl groups excluding tert-OH is 1. The molecule has 0 saturated carbocycles.